The smallest absolute Gasteiger partial charge is 0.340 e. The molecule has 1 aromatic rings. The average molecular weight is 264 g/mol. The van der Waals surface area contributed by atoms with Crippen LogP contribution in [0.2, 0.25) is 0 Å². The van der Waals surface area contributed by atoms with Crippen molar-refractivity contribution >= 4 is 17.6 Å². The quantitative estimate of drug-likeness (QED) is 0.604. The Labute approximate surface area is 110 Å². The van der Waals surface area contributed by atoms with Gasteiger partial charge in [0.1, 0.15) is 5.75 Å². The Balaban J connectivity index is 1.93. The van der Waals surface area contributed by atoms with Crippen LogP contribution in [-0.4, -0.2) is 31.6 Å². The van der Waals surface area contributed by atoms with Crippen molar-refractivity contribution < 1.29 is 19.1 Å². The minimum Gasteiger partial charge on any atom is -0.495 e. The second-order valence-electron chi connectivity index (χ2n) is 4.34. The summed E-state index contributed by atoms with van der Waals surface area (Å²) < 4.78 is 9.92. The molecule has 1 saturated carbocycles. The number of hydrogen-bond donors (Lipinski definition) is 2. The molecule has 0 unspecified atom stereocenters. The van der Waals surface area contributed by atoms with Crippen LogP contribution >= 0.6 is 0 Å². The van der Waals surface area contributed by atoms with Gasteiger partial charge in [0.25, 0.3) is 5.91 Å². The highest BCUT2D eigenvalue weighted by atomic mass is 16.5. The summed E-state index contributed by atoms with van der Waals surface area (Å²) in [7, 11) is 1.46. The molecular formula is C13H16N2O4. The van der Waals surface area contributed by atoms with Gasteiger partial charge in [0.05, 0.1) is 18.4 Å². The molecule has 19 heavy (non-hydrogen) atoms. The summed E-state index contributed by atoms with van der Waals surface area (Å²) in [6.45, 7) is -0.300. The Kier molecular flexibility index (Phi) is 3.89. The maximum atomic E-state index is 11.8. The number of rotatable bonds is 5. The maximum Gasteiger partial charge on any atom is 0.340 e. The first-order valence-corrected chi connectivity index (χ1v) is 6.00. The molecule has 0 heterocycles. The van der Waals surface area contributed by atoms with Crippen LogP contribution in [0.1, 0.15) is 23.2 Å². The highest BCUT2D eigenvalue weighted by Crippen LogP contribution is 2.25. The number of esters is 1. The molecule has 1 amide bonds. The van der Waals surface area contributed by atoms with Gasteiger partial charge in [0.2, 0.25) is 0 Å². The van der Waals surface area contributed by atoms with E-state index >= 15 is 0 Å². The topological polar surface area (TPSA) is 90.6 Å². The zero-order valence-corrected chi connectivity index (χ0v) is 10.6. The van der Waals surface area contributed by atoms with Gasteiger partial charge in [0, 0.05) is 6.04 Å². The molecule has 0 saturated heterocycles. The molecule has 1 aromatic carbocycles. The second-order valence-corrected chi connectivity index (χ2v) is 4.34. The predicted octanol–water partition coefficient (Wildman–Crippen LogP) is 0.713. The first-order valence-electron chi connectivity index (χ1n) is 6.00. The van der Waals surface area contributed by atoms with E-state index in [1.807, 2.05) is 0 Å². The predicted molar refractivity (Wildman–Crippen MR) is 68.9 cm³/mol. The molecule has 0 aromatic heterocycles. The lowest BCUT2D eigenvalue weighted by atomic mass is 10.1. The number of carbonyl (C=O) groups excluding carboxylic acids is 2. The summed E-state index contributed by atoms with van der Waals surface area (Å²) in [6, 6.07) is 5.05. The fourth-order valence-electron chi connectivity index (χ4n) is 1.61. The van der Waals surface area contributed by atoms with E-state index in [-0.39, 0.29) is 29.8 Å². The third kappa shape index (κ3) is 3.37. The third-order valence-corrected chi connectivity index (χ3v) is 2.78. The summed E-state index contributed by atoms with van der Waals surface area (Å²) >= 11 is 0. The van der Waals surface area contributed by atoms with Crippen molar-refractivity contribution in [3.05, 3.63) is 23.8 Å². The second kappa shape index (κ2) is 5.60. The van der Waals surface area contributed by atoms with Gasteiger partial charge in [-0.1, -0.05) is 6.07 Å². The summed E-state index contributed by atoms with van der Waals surface area (Å²) in [5.74, 6) is -0.531. The summed E-state index contributed by atoms with van der Waals surface area (Å²) in [6.07, 6.45) is 1.98. The lowest BCUT2D eigenvalue weighted by molar-refractivity contribution is -0.124. The molecule has 2 rings (SSSR count). The zero-order chi connectivity index (χ0) is 13.8. The van der Waals surface area contributed by atoms with Gasteiger partial charge in [-0.15, -0.1) is 0 Å². The van der Waals surface area contributed by atoms with Gasteiger partial charge in [-0.2, -0.15) is 0 Å². The highest BCUT2D eigenvalue weighted by molar-refractivity contribution is 5.97. The van der Waals surface area contributed by atoms with Gasteiger partial charge in [-0.3, -0.25) is 4.79 Å². The van der Waals surface area contributed by atoms with Gasteiger partial charge < -0.3 is 20.5 Å². The molecule has 0 aliphatic heterocycles. The molecule has 0 bridgehead atoms. The average Bonchev–Trinajstić information content (AvgIpc) is 3.20. The van der Waals surface area contributed by atoms with E-state index in [9.17, 15) is 9.59 Å². The molecule has 1 fully saturated rings. The largest absolute Gasteiger partial charge is 0.495 e. The molecule has 1 aliphatic rings. The number of nitrogens with one attached hydrogen (secondary N) is 1. The number of hydrogen-bond acceptors (Lipinski definition) is 5. The van der Waals surface area contributed by atoms with E-state index in [0.717, 1.165) is 12.8 Å². The van der Waals surface area contributed by atoms with Crippen molar-refractivity contribution in [3.63, 3.8) is 0 Å². The molecule has 3 N–H and O–H groups in total. The fourth-order valence-corrected chi connectivity index (χ4v) is 1.61. The lowest BCUT2D eigenvalue weighted by Crippen LogP contribution is -2.30. The summed E-state index contributed by atoms with van der Waals surface area (Å²) in [4.78, 5) is 23.2. The lowest BCUT2D eigenvalue weighted by Gasteiger charge is -2.09. The minimum atomic E-state index is -0.637. The van der Waals surface area contributed by atoms with E-state index in [1.54, 1.807) is 12.1 Å². The van der Waals surface area contributed by atoms with Crippen molar-refractivity contribution in [2.24, 2.45) is 0 Å². The van der Waals surface area contributed by atoms with Gasteiger partial charge >= 0.3 is 5.97 Å². The normalized spacial score (nSPS) is 13.7. The third-order valence-electron chi connectivity index (χ3n) is 2.78. The van der Waals surface area contributed by atoms with Crippen LogP contribution < -0.4 is 15.8 Å². The molecule has 0 atom stereocenters. The highest BCUT2D eigenvalue weighted by Gasteiger charge is 2.24. The van der Waals surface area contributed by atoms with Gasteiger partial charge in [0.15, 0.2) is 6.61 Å². The Morgan fingerprint density at radius 1 is 1.42 bits per heavy atom. The Morgan fingerprint density at radius 3 is 2.79 bits per heavy atom. The number of nitrogen functional groups attached to an aromatic ring is 1. The molecular weight excluding hydrogens is 248 g/mol. The van der Waals surface area contributed by atoms with E-state index in [0.29, 0.717) is 5.75 Å². The van der Waals surface area contributed by atoms with E-state index in [1.165, 1.54) is 13.2 Å². The fraction of sp³-hybridized carbons (Fsp3) is 0.385. The number of para-hydroxylation sites is 1. The van der Waals surface area contributed by atoms with Gasteiger partial charge in [-0.25, -0.2) is 4.79 Å². The number of carbonyl (C=O) groups is 2. The van der Waals surface area contributed by atoms with Crippen molar-refractivity contribution in [3.8, 4) is 5.75 Å². The Bertz CT molecular complexity index is 497. The number of benzene rings is 1. The van der Waals surface area contributed by atoms with E-state index < -0.39 is 5.97 Å². The molecule has 1 aliphatic carbocycles. The number of amides is 1. The number of anilines is 1. The monoisotopic (exact) mass is 264 g/mol. The van der Waals surface area contributed by atoms with Crippen LogP contribution in [0.25, 0.3) is 0 Å². The molecule has 0 spiro atoms. The minimum absolute atomic E-state index is 0.193. The molecule has 6 nitrogen and oxygen atoms in total. The summed E-state index contributed by atoms with van der Waals surface area (Å²) in [5.41, 5.74) is 6.16. The first-order chi connectivity index (χ1) is 9.11. The SMILES string of the molecule is COc1cccc(C(=O)OCC(=O)NC2CC2)c1N. The van der Waals surface area contributed by atoms with Crippen LogP contribution in [-0.2, 0) is 9.53 Å². The standard InChI is InChI=1S/C13H16N2O4/c1-18-10-4-2-3-9(12(10)14)13(17)19-7-11(16)15-8-5-6-8/h2-4,8H,5-7,14H2,1H3,(H,15,16). The van der Waals surface area contributed by atoms with Crippen molar-refractivity contribution in [1.82, 2.24) is 5.32 Å². The zero-order valence-electron chi connectivity index (χ0n) is 10.6. The Hall–Kier alpha value is -2.24. The maximum absolute atomic E-state index is 11.8. The van der Waals surface area contributed by atoms with Crippen molar-refractivity contribution in [1.29, 1.82) is 0 Å². The van der Waals surface area contributed by atoms with Crippen LogP contribution in [0.3, 0.4) is 0 Å². The summed E-state index contributed by atoms with van der Waals surface area (Å²) in [5, 5.41) is 2.73. The first kappa shape index (κ1) is 13.2. The molecule has 0 radical (unpaired) electrons. The van der Waals surface area contributed by atoms with Crippen molar-refractivity contribution in [2.75, 3.05) is 19.5 Å². The van der Waals surface area contributed by atoms with Crippen LogP contribution in [0.15, 0.2) is 18.2 Å². The number of methoxy groups -OCH3 is 1. The van der Waals surface area contributed by atoms with Crippen LogP contribution in [0.5, 0.6) is 5.75 Å². The number of nitrogens with two attached hydrogens (primary N) is 1. The van der Waals surface area contributed by atoms with Crippen LogP contribution in [0.4, 0.5) is 5.69 Å². The van der Waals surface area contributed by atoms with Crippen molar-refractivity contribution in [2.45, 2.75) is 18.9 Å². The van der Waals surface area contributed by atoms with E-state index in [4.69, 9.17) is 15.2 Å². The molecule has 6 heteroatoms. The van der Waals surface area contributed by atoms with Gasteiger partial charge in [-0.05, 0) is 25.0 Å². The van der Waals surface area contributed by atoms with E-state index in [2.05, 4.69) is 5.32 Å². The molecule has 102 valence electrons. The number of ether oxygens (including phenoxy) is 2. The van der Waals surface area contributed by atoms with Crippen LogP contribution in [0, 0.1) is 0 Å². The Morgan fingerprint density at radius 2 is 2.16 bits per heavy atom.